The number of nitrogens with zero attached hydrogens (tertiary/aromatic N) is 1. The highest BCUT2D eigenvalue weighted by Gasteiger charge is 2.25. The molecular weight excluding hydrogens is 266 g/mol. The zero-order chi connectivity index (χ0) is 13.6. The van der Waals surface area contributed by atoms with E-state index in [-0.39, 0.29) is 18.2 Å². The number of esters is 1. The van der Waals surface area contributed by atoms with Crippen molar-refractivity contribution in [2.75, 3.05) is 32.3 Å². The fourth-order valence-electron chi connectivity index (χ4n) is 1.31. The van der Waals surface area contributed by atoms with Crippen molar-refractivity contribution in [2.24, 2.45) is 11.8 Å². The van der Waals surface area contributed by atoms with E-state index in [2.05, 4.69) is 4.74 Å². The van der Waals surface area contributed by atoms with Crippen LogP contribution in [0.15, 0.2) is 0 Å². The van der Waals surface area contributed by atoms with Crippen molar-refractivity contribution >= 4 is 27.6 Å². The van der Waals surface area contributed by atoms with Gasteiger partial charge in [-0.25, -0.2) is 12.7 Å². The smallest absolute Gasteiger partial charge is 0.309 e. The van der Waals surface area contributed by atoms with Crippen molar-refractivity contribution < 1.29 is 17.9 Å². The summed E-state index contributed by atoms with van der Waals surface area (Å²) in [7, 11) is -0.633. The molecule has 0 amide bonds. The molecule has 2 atom stereocenters. The maximum absolute atomic E-state index is 11.9. The molecule has 0 aliphatic rings. The van der Waals surface area contributed by atoms with Gasteiger partial charge in [-0.15, -0.1) is 11.6 Å². The number of ether oxygens (including phenoxy) is 1. The van der Waals surface area contributed by atoms with Crippen molar-refractivity contribution in [3.8, 4) is 0 Å². The van der Waals surface area contributed by atoms with Gasteiger partial charge in [0.25, 0.3) is 0 Å². The molecule has 0 bridgehead atoms. The zero-order valence-electron chi connectivity index (χ0n) is 10.6. The number of sulfonamides is 1. The van der Waals surface area contributed by atoms with Crippen molar-refractivity contribution in [3.63, 3.8) is 0 Å². The maximum atomic E-state index is 11.9. The van der Waals surface area contributed by atoms with Gasteiger partial charge in [0, 0.05) is 19.5 Å². The fourth-order valence-corrected chi connectivity index (χ4v) is 3.09. The first-order valence-corrected chi connectivity index (χ1v) is 7.46. The molecule has 0 spiro atoms. The molecule has 0 saturated carbocycles. The summed E-state index contributed by atoms with van der Waals surface area (Å²) in [6, 6.07) is 0. The van der Waals surface area contributed by atoms with Crippen molar-refractivity contribution in [1.82, 2.24) is 4.31 Å². The van der Waals surface area contributed by atoms with Crippen LogP contribution in [0, 0.1) is 11.8 Å². The molecule has 17 heavy (non-hydrogen) atoms. The van der Waals surface area contributed by atoms with Gasteiger partial charge in [0.05, 0.1) is 18.8 Å². The van der Waals surface area contributed by atoms with Gasteiger partial charge in [-0.3, -0.25) is 4.79 Å². The zero-order valence-corrected chi connectivity index (χ0v) is 12.2. The number of carbonyl (C=O) groups is 1. The number of alkyl halides is 1. The van der Waals surface area contributed by atoms with E-state index >= 15 is 0 Å². The summed E-state index contributed by atoms with van der Waals surface area (Å²) in [5, 5.41) is 0. The highest BCUT2D eigenvalue weighted by molar-refractivity contribution is 7.89. The minimum Gasteiger partial charge on any atom is -0.469 e. The lowest BCUT2D eigenvalue weighted by Crippen LogP contribution is -2.37. The Morgan fingerprint density at radius 1 is 1.41 bits per heavy atom. The summed E-state index contributed by atoms with van der Waals surface area (Å²) in [5.41, 5.74) is 0. The van der Waals surface area contributed by atoms with Crippen molar-refractivity contribution in [1.29, 1.82) is 0 Å². The Bertz CT molecular complexity index is 344. The minimum atomic E-state index is -3.37. The summed E-state index contributed by atoms with van der Waals surface area (Å²) in [6.07, 6.45) is 0. The Morgan fingerprint density at radius 2 is 1.94 bits per heavy atom. The monoisotopic (exact) mass is 285 g/mol. The van der Waals surface area contributed by atoms with Gasteiger partial charge in [-0.05, 0) is 5.92 Å². The number of halogens is 1. The van der Waals surface area contributed by atoms with E-state index in [1.54, 1.807) is 13.8 Å². The van der Waals surface area contributed by atoms with Gasteiger partial charge >= 0.3 is 5.97 Å². The molecule has 0 rings (SSSR count). The predicted molar refractivity (Wildman–Crippen MR) is 67.5 cm³/mol. The molecule has 0 aromatic rings. The molecule has 2 unspecified atom stereocenters. The second kappa shape index (κ2) is 7.18. The van der Waals surface area contributed by atoms with E-state index in [4.69, 9.17) is 11.6 Å². The van der Waals surface area contributed by atoms with Gasteiger partial charge in [-0.1, -0.05) is 13.8 Å². The van der Waals surface area contributed by atoms with Crippen LogP contribution < -0.4 is 0 Å². The van der Waals surface area contributed by atoms with E-state index in [0.29, 0.717) is 5.88 Å². The van der Waals surface area contributed by atoms with Gasteiger partial charge < -0.3 is 4.74 Å². The van der Waals surface area contributed by atoms with Crippen LogP contribution in [0.5, 0.6) is 0 Å². The second-order valence-electron chi connectivity index (χ2n) is 4.24. The second-order valence-corrected chi connectivity index (χ2v) is 6.67. The average Bonchev–Trinajstić information content (AvgIpc) is 2.26. The normalized spacial score (nSPS) is 15.6. The lowest BCUT2D eigenvalue weighted by Gasteiger charge is -2.21. The van der Waals surface area contributed by atoms with Crippen LogP contribution in [0.4, 0.5) is 0 Å². The Hall–Kier alpha value is -0.330. The topological polar surface area (TPSA) is 63.7 Å². The SMILES string of the molecule is COC(=O)C(C)CN(C)S(=O)(=O)CC(C)CCl. The minimum absolute atomic E-state index is 0.0130. The van der Waals surface area contributed by atoms with Crippen LogP contribution >= 0.6 is 11.6 Å². The standard InChI is InChI=1S/C10H20ClNO4S/c1-8(5-11)7-17(14,15)12(3)6-9(2)10(13)16-4/h8-9H,5-7H2,1-4H3. The lowest BCUT2D eigenvalue weighted by molar-refractivity contribution is -0.144. The predicted octanol–water partition coefficient (Wildman–Crippen LogP) is 0.932. The molecule has 0 saturated heterocycles. The number of hydrogen-bond donors (Lipinski definition) is 0. The molecular formula is C10H20ClNO4S. The summed E-state index contributed by atoms with van der Waals surface area (Å²) in [6.45, 7) is 3.51. The first-order valence-electron chi connectivity index (χ1n) is 5.32. The summed E-state index contributed by atoms with van der Waals surface area (Å²) in [5.74, 6) is -0.735. The Morgan fingerprint density at radius 3 is 2.35 bits per heavy atom. The number of hydrogen-bond acceptors (Lipinski definition) is 4. The third-order valence-corrected chi connectivity index (χ3v) is 4.98. The van der Waals surface area contributed by atoms with E-state index in [0.717, 1.165) is 0 Å². The van der Waals surface area contributed by atoms with Crippen LogP contribution in [0.25, 0.3) is 0 Å². The van der Waals surface area contributed by atoms with E-state index in [1.807, 2.05) is 0 Å². The Labute approximate surface area is 108 Å². The first kappa shape index (κ1) is 16.7. The maximum Gasteiger partial charge on any atom is 0.309 e. The molecule has 0 aliphatic heterocycles. The Kier molecular flexibility index (Phi) is 7.04. The Balaban J connectivity index is 4.49. The molecule has 102 valence electrons. The molecule has 0 N–H and O–H groups in total. The van der Waals surface area contributed by atoms with E-state index < -0.39 is 21.9 Å². The highest BCUT2D eigenvalue weighted by atomic mass is 35.5. The van der Waals surface area contributed by atoms with Crippen LogP contribution in [0.1, 0.15) is 13.8 Å². The summed E-state index contributed by atoms with van der Waals surface area (Å²) >= 11 is 5.58. The number of carbonyl (C=O) groups excluding carboxylic acids is 1. The van der Waals surface area contributed by atoms with Gasteiger partial charge in [0.1, 0.15) is 0 Å². The van der Waals surface area contributed by atoms with E-state index in [9.17, 15) is 13.2 Å². The molecule has 0 aromatic heterocycles. The quantitative estimate of drug-likeness (QED) is 0.516. The van der Waals surface area contributed by atoms with Gasteiger partial charge in [0.2, 0.25) is 10.0 Å². The van der Waals surface area contributed by atoms with Gasteiger partial charge in [0.15, 0.2) is 0 Å². The summed E-state index contributed by atoms with van der Waals surface area (Å²) < 4.78 is 29.4. The lowest BCUT2D eigenvalue weighted by atomic mass is 10.2. The summed E-state index contributed by atoms with van der Waals surface area (Å²) in [4.78, 5) is 11.2. The molecule has 0 heterocycles. The molecule has 0 aliphatic carbocycles. The third kappa shape index (κ3) is 5.70. The van der Waals surface area contributed by atoms with Crippen LogP contribution in [0.3, 0.4) is 0 Å². The van der Waals surface area contributed by atoms with Crippen LogP contribution in [-0.4, -0.2) is 51.0 Å². The largest absolute Gasteiger partial charge is 0.469 e. The van der Waals surface area contributed by atoms with Gasteiger partial charge in [-0.2, -0.15) is 0 Å². The van der Waals surface area contributed by atoms with Crippen LogP contribution in [0.2, 0.25) is 0 Å². The number of rotatable bonds is 7. The molecule has 7 heteroatoms. The fraction of sp³-hybridized carbons (Fsp3) is 0.900. The number of methoxy groups -OCH3 is 1. The molecule has 0 fully saturated rings. The molecule has 5 nitrogen and oxygen atoms in total. The van der Waals surface area contributed by atoms with Crippen molar-refractivity contribution in [2.45, 2.75) is 13.8 Å². The van der Waals surface area contributed by atoms with E-state index in [1.165, 1.54) is 18.5 Å². The van der Waals surface area contributed by atoms with Crippen molar-refractivity contribution in [3.05, 3.63) is 0 Å². The average molecular weight is 286 g/mol. The first-order chi connectivity index (χ1) is 7.74. The highest BCUT2D eigenvalue weighted by Crippen LogP contribution is 2.10. The third-order valence-electron chi connectivity index (χ3n) is 2.37. The molecule has 0 aromatic carbocycles. The molecule has 0 radical (unpaired) electrons. The van der Waals surface area contributed by atoms with Crippen LogP contribution in [-0.2, 0) is 19.6 Å².